The first kappa shape index (κ1) is 17.5. The number of amides is 2. The summed E-state index contributed by atoms with van der Waals surface area (Å²) >= 11 is 1.68. The minimum atomic E-state index is -0.127. The number of benzene rings is 2. The van der Waals surface area contributed by atoms with Gasteiger partial charge in [0.2, 0.25) is 5.91 Å². The van der Waals surface area contributed by atoms with Crippen LogP contribution in [0.15, 0.2) is 66.7 Å². The van der Waals surface area contributed by atoms with E-state index in [1.165, 1.54) is 10.4 Å². The summed E-state index contributed by atoms with van der Waals surface area (Å²) < 4.78 is 0. The van der Waals surface area contributed by atoms with E-state index in [1.807, 2.05) is 36.4 Å². The second kappa shape index (κ2) is 7.76. The highest BCUT2D eigenvalue weighted by atomic mass is 32.1. The van der Waals surface area contributed by atoms with Gasteiger partial charge in [-0.3, -0.25) is 9.59 Å². The molecule has 0 atom stereocenters. The van der Waals surface area contributed by atoms with Crippen LogP contribution in [0.25, 0.3) is 10.4 Å². The van der Waals surface area contributed by atoms with Gasteiger partial charge < -0.3 is 10.2 Å². The number of thiophene rings is 1. The van der Waals surface area contributed by atoms with Gasteiger partial charge in [-0.25, -0.2) is 0 Å². The fourth-order valence-electron chi connectivity index (χ4n) is 3.24. The Morgan fingerprint density at radius 2 is 1.89 bits per heavy atom. The fourth-order valence-corrected chi connectivity index (χ4v) is 4.19. The summed E-state index contributed by atoms with van der Waals surface area (Å²) in [5.74, 6) is -0.00209. The lowest BCUT2D eigenvalue weighted by atomic mass is 10.1. The molecule has 2 amide bonds. The summed E-state index contributed by atoms with van der Waals surface area (Å²) in [6, 6.07) is 21.6. The molecule has 1 aliphatic heterocycles. The molecular weight excluding hydrogens is 356 g/mol. The predicted octanol–water partition coefficient (Wildman–Crippen LogP) is 4.47. The average Bonchev–Trinajstić information content (AvgIpc) is 3.36. The molecule has 4 rings (SSSR count). The van der Waals surface area contributed by atoms with Crippen molar-refractivity contribution < 1.29 is 9.59 Å². The molecule has 1 aromatic heterocycles. The van der Waals surface area contributed by atoms with Crippen LogP contribution in [0.5, 0.6) is 0 Å². The Morgan fingerprint density at radius 3 is 2.67 bits per heavy atom. The monoisotopic (exact) mass is 376 g/mol. The predicted molar refractivity (Wildman–Crippen MR) is 109 cm³/mol. The Bertz CT molecular complexity index is 965. The average molecular weight is 376 g/mol. The van der Waals surface area contributed by atoms with Crippen molar-refractivity contribution in [2.24, 2.45) is 0 Å². The molecule has 0 bridgehead atoms. The summed E-state index contributed by atoms with van der Waals surface area (Å²) in [5, 5.41) is 2.98. The highest BCUT2D eigenvalue weighted by Crippen LogP contribution is 2.28. The van der Waals surface area contributed by atoms with E-state index < -0.39 is 0 Å². The maximum atomic E-state index is 12.5. The number of hydrogen-bond donors (Lipinski definition) is 1. The highest BCUT2D eigenvalue weighted by Gasteiger charge is 2.22. The SMILES string of the molecule is O=C(NCc1ccc(-c2ccccc2)s1)c1cccc(N2CCCC2=O)c1. The third-order valence-electron chi connectivity index (χ3n) is 4.64. The van der Waals surface area contributed by atoms with Crippen molar-refractivity contribution >= 4 is 28.8 Å². The molecule has 0 saturated carbocycles. The molecule has 1 aliphatic rings. The molecule has 0 aliphatic carbocycles. The van der Waals surface area contributed by atoms with E-state index in [-0.39, 0.29) is 11.8 Å². The molecular formula is C22H20N2O2S. The van der Waals surface area contributed by atoms with Crippen LogP contribution in [0.2, 0.25) is 0 Å². The Labute approximate surface area is 162 Å². The van der Waals surface area contributed by atoms with Crippen molar-refractivity contribution in [1.82, 2.24) is 5.32 Å². The quantitative estimate of drug-likeness (QED) is 0.714. The number of nitrogens with one attached hydrogen (secondary N) is 1. The Balaban J connectivity index is 1.41. The summed E-state index contributed by atoms with van der Waals surface area (Å²) in [4.78, 5) is 28.5. The first-order valence-electron chi connectivity index (χ1n) is 9.03. The summed E-state index contributed by atoms with van der Waals surface area (Å²) in [7, 11) is 0. The maximum absolute atomic E-state index is 12.5. The van der Waals surface area contributed by atoms with Gasteiger partial charge in [0.25, 0.3) is 5.91 Å². The van der Waals surface area contributed by atoms with E-state index in [9.17, 15) is 9.59 Å². The van der Waals surface area contributed by atoms with E-state index in [4.69, 9.17) is 0 Å². The smallest absolute Gasteiger partial charge is 0.251 e. The van der Waals surface area contributed by atoms with Gasteiger partial charge in [-0.05, 0) is 42.3 Å². The highest BCUT2D eigenvalue weighted by molar-refractivity contribution is 7.15. The van der Waals surface area contributed by atoms with E-state index >= 15 is 0 Å². The minimum Gasteiger partial charge on any atom is -0.347 e. The van der Waals surface area contributed by atoms with Gasteiger partial charge in [-0.1, -0.05) is 36.4 Å². The topological polar surface area (TPSA) is 49.4 Å². The zero-order valence-corrected chi connectivity index (χ0v) is 15.7. The molecule has 4 nitrogen and oxygen atoms in total. The maximum Gasteiger partial charge on any atom is 0.251 e. The fraction of sp³-hybridized carbons (Fsp3) is 0.182. The van der Waals surface area contributed by atoms with Gasteiger partial charge in [0.15, 0.2) is 0 Å². The van der Waals surface area contributed by atoms with Gasteiger partial charge in [-0.15, -0.1) is 11.3 Å². The van der Waals surface area contributed by atoms with E-state index in [0.717, 1.165) is 23.5 Å². The van der Waals surface area contributed by atoms with Crippen LogP contribution >= 0.6 is 11.3 Å². The van der Waals surface area contributed by atoms with Crippen LogP contribution in [-0.4, -0.2) is 18.4 Å². The third kappa shape index (κ3) is 3.93. The molecule has 0 spiro atoms. The molecule has 1 fully saturated rings. The molecule has 136 valence electrons. The molecule has 27 heavy (non-hydrogen) atoms. The van der Waals surface area contributed by atoms with Crippen molar-refractivity contribution in [3.8, 4) is 10.4 Å². The lowest BCUT2D eigenvalue weighted by Gasteiger charge is -2.16. The van der Waals surface area contributed by atoms with Crippen molar-refractivity contribution in [2.45, 2.75) is 19.4 Å². The lowest BCUT2D eigenvalue weighted by molar-refractivity contribution is -0.117. The van der Waals surface area contributed by atoms with Crippen molar-refractivity contribution in [3.05, 3.63) is 77.2 Å². The van der Waals surface area contributed by atoms with Gasteiger partial charge in [-0.2, -0.15) is 0 Å². The molecule has 3 aromatic rings. The molecule has 1 N–H and O–H groups in total. The van der Waals surface area contributed by atoms with Crippen LogP contribution in [0.1, 0.15) is 28.1 Å². The second-order valence-corrected chi connectivity index (χ2v) is 7.68. The number of rotatable bonds is 5. The molecule has 2 heterocycles. The lowest BCUT2D eigenvalue weighted by Crippen LogP contribution is -2.25. The zero-order chi connectivity index (χ0) is 18.6. The van der Waals surface area contributed by atoms with E-state index in [2.05, 4.69) is 23.5 Å². The molecule has 2 aromatic carbocycles. The summed E-state index contributed by atoms with van der Waals surface area (Å²) in [5.41, 5.74) is 2.56. The number of anilines is 1. The summed E-state index contributed by atoms with van der Waals surface area (Å²) in [6.45, 7) is 1.21. The number of nitrogens with zero attached hydrogens (tertiary/aromatic N) is 1. The molecule has 5 heteroatoms. The van der Waals surface area contributed by atoms with Crippen LogP contribution in [0.3, 0.4) is 0 Å². The number of carbonyl (C=O) groups is 2. The van der Waals surface area contributed by atoms with Crippen LogP contribution in [0.4, 0.5) is 5.69 Å². The molecule has 0 radical (unpaired) electrons. The largest absolute Gasteiger partial charge is 0.347 e. The standard InChI is InChI=1S/C22H20N2O2S/c25-21-10-5-13-24(21)18-9-4-8-17(14-18)22(26)23-15-19-11-12-20(27-19)16-6-2-1-3-7-16/h1-4,6-9,11-12,14H,5,10,13,15H2,(H,23,26). The minimum absolute atomic E-state index is 0.125. The van der Waals surface area contributed by atoms with Crippen LogP contribution < -0.4 is 10.2 Å². The van der Waals surface area contributed by atoms with Gasteiger partial charge in [0.05, 0.1) is 6.54 Å². The molecule has 1 saturated heterocycles. The van der Waals surface area contributed by atoms with Crippen LogP contribution in [-0.2, 0) is 11.3 Å². The zero-order valence-electron chi connectivity index (χ0n) is 14.9. The van der Waals surface area contributed by atoms with Crippen molar-refractivity contribution in [1.29, 1.82) is 0 Å². The first-order valence-corrected chi connectivity index (χ1v) is 9.85. The molecule has 0 unspecified atom stereocenters. The number of carbonyl (C=O) groups excluding carboxylic acids is 2. The van der Waals surface area contributed by atoms with E-state index in [0.29, 0.717) is 18.5 Å². The first-order chi connectivity index (χ1) is 13.2. The normalized spacial score (nSPS) is 13.8. The number of hydrogen-bond acceptors (Lipinski definition) is 3. The van der Waals surface area contributed by atoms with E-state index in [1.54, 1.807) is 28.4 Å². The second-order valence-electron chi connectivity index (χ2n) is 6.51. The Morgan fingerprint density at radius 1 is 1.04 bits per heavy atom. The van der Waals surface area contributed by atoms with Crippen molar-refractivity contribution in [3.63, 3.8) is 0 Å². The van der Waals surface area contributed by atoms with Crippen molar-refractivity contribution in [2.75, 3.05) is 11.4 Å². The van der Waals surface area contributed by atoms with Crippen LogP contribution in [0, 0.1) is 0 Å². The Hall–Kier alpha value is -2.92. The van der Waals surface area contributed by atoms with Gasteiger partial charge in [0, 0.05) is 34.0 Å². The van der Waals surface area contributed by atoms with Gasteiger partial charge >= 0.3 is 0 Å². The van der Waals surface area contributed by atoms with Gasteiger partial charge in [0.1, 0.15) is 0 Å². The third-order valence-corrected chi connectivity index (χ3v) is 5.77. The summed E-state index contributed by atoms with van der Waals surface area (Å²) in [6.07, 6.45) is 1.45. The Kier molecular flexibility index (Phi) is 5.03.